The van der Waals surface area contributed by atoms with E-state index in [2.05, 4.69) is 0 Å². The molecule has 116 valence electrons. The minimum atomic E-state index is -0.828. The zero-order valence-electron chi connectivity index (χ0n) is 12.9. The number of hydrogen-bond acceptors (Lipinski definition) is 4. The number of likely N-dealkylation sites (N-methyl/N-ethyl adjacent to an activating group) is 1. The Bertz CT molecular complexity index is 352. The quantitative estimate of drug-likeness (QED) is 0.853. The highest BCUT2D eigenvalue weighted by molar-refractivity contribution is 5.69. The first-order valence-electron chi connectivity index (χ1n) is 7.16. The fraction of sp³-hybridized carbons (Fsp3) is 0.857. The highest BCUT2D eigenvalue weighted by atomic mass is 16.6. The highest BCUT2D eigenvalue weighted by Gasteiger charge is 2.31. The van der Waals surface area contributed by atoms with Crippen LogP contribution in [0, 0.1) is 0 Å². The number of amides is 1. The van der Waals surface area contributed by atoms with E-state index in [1.165, 1.54) is 0 Å². The lowest BCUT2D eigenvalue weighted by molar-refractivity contribution is -0.138. The number of aliphatic carboxylic acids is 1. The van der Waals surface area contributed by atoms with Crippen LogP contribution in [0.15, 0.2) is 0 Å². The second-order valence-electron chi connectivity index (χ2n) is 6.19. The van der Waals surface area contributed by atoms with Crippen molar-refractivity contribution in [3.63, 3.8) is 0 Å². The molecule has 0 radical (unpaired) electrons. The van der Waals surface area contributed by atoms with Gasteiger partial charge in [0.2, 0.25) is 0 Å². The molecule has 0 aromatic heterocycles. The summed E-state index contributed by atoms with van der Waals surface area (Å²) in [7, 11) is 0. The number of rotatable bonds is 4. The van der Waals surface area contributed by atoms with E-state index in [0.717, 1.165) is 19.4 Å². The van der Waals surface area contributed by atoms with Gasteiger partial charge in [0.1, 0.15) is 5.60 Å². The van der Waals surface area contributed by atoms with Crippen molar-refractivity contribution in [1.29, 1.82) is 0 Å². The van der Waals surface area contributed by atoms with Crippen LogP contribution in [0.1, 0.15) is 40.5 Å². The van der Waals surface area contributed by atoms with Crippen molar-refractivity contribution in [2.24, 2.45) is 0 Å². The number of ether oxygens (including phenoxy) is 1. The maximum Gasteiger partial charge on any atom is 0.410 e. The maximum atomic E-state index is 12.2. The van der Waals surface area contributed by atoms with Crippen LogP contribution in [-0.2, 0) is 9.53 Å². The Morgan fingerprint density at radius 3 is 2.55 bits per heavy atom. The normalized spacial score (nSPS) is 20.5. The molecule has 0 bridgehead atoms. The highest BCUT2D eigenvalue weighted by Crippen LogP contribution is 2.18. The summed E-state index contributed by atoms with van der Waals surface area (Å²) in [5.41, 5.74) is -0.514. The van der Waals surface area contributed by atoms with Gasteiger partial charge in [-0.3, -0.25) is 9.69 Å². The number of carboxylic acid groups (broad SMARTS) is 1. The molecule has 0 aromatic carbocycles. The number of carbonyl (C=O) groups excluding carboxylic acids is 1. The Balaban J connectivity index is 2.64. The monoisotopic (exact) mass is 286 g/mol. The summed E-state index contributed by atoms with van der Waals surface area (Å²) >= 11 is 0. The van der Waals surface area contributed by atoms with Crippen molar-refractivity contribution in [2.45, 2.75) is 52.2 Å². The van der Waals surface area contributed by atoms with Gasteiger partial charge >= 0.3 is 12.1 Å². The first kappa shape index (κ1) is 16.8. The molecule has 20 heavy (non-hydrogen) atoms. The van der Waals surface area contributed by atoms with Gasteiger partial charge in [-0.2, -0.15) is 0 Å². The molecule has 1 aliphatic heterocycles. The second-order valence-corrected chi connectivity index (χ2v) is 6.19. The van der Waals surface area contributed by atoms with Crippen LogP contribution in [0.2, 0.25) is 0 Å². The molecular formula is C14H26N2O4. The summed E-state index contributed by atoms with van der Waals surface area (Å²) in [5, 5.41) is 8.86. The largest absolute Gasteiger partial charge is 0.480 e. The predicted molar refractivity (Wildman–Crippen MR) is 75.7 cm³/mol. The van der Waals surface area contributed by atoms with Crippen LogP contribution >= 0.6 is 0 Å². The summed E-state index contributed by atoms with van der Waals surface area (Å²) in [6, 6.07) is 0.0305. The molecule has 0 saturated carbocycles. The van der Waals surface area contributed by atoms with Crippen molar-refractivity contribution >= 4 is 12.1 Å². The third-order valence-electron chi connectivity index (χ3n) is 3.25. The molecule has 1 fully saturated rings. The van der Waals surface area contributed by atoms with Crippen molar-refractivity contribution in [3.05, 3.63) is 0 Å². The summed E-state index contributed by atoms with van der Waals surface area (Å²) in [5.74, 6) is -0.828. The molecule has 1 amide bonds. The third kappa shape index (κ3) is 5.36. The minimum absolute atomic E-state index is 0.0301. The zero-order valence-corrected chi connectivity index (χ0v) is 12.9. The van der Waals surface area contributed by atoms with Crippen molar-refractivity contribution in [1.82, 2.24) is 9.80 Å². The average molecular weight is 286 g/mol. The second kappa shape index (κ2) is 6.92. The van der Waals surface area contributed by atoms with Gasteiger partial charge < -0.3 is 14.7 Å². The van der Waals surface area contributed by atoms with Crippen LogP contribution < -0.4 is 0 Å². The van der Waals surface area contributed by atoms with Crippen LogP contribution in [0.3, 0.4) is 0 Å². The Hall–Kier alpha value is -1.30. The fourth-order valence-electron chi connectivity index (χ4n) is 2.48. The molecule has 0 aromatic rings. The molecule has 6 heteroatoms. The van der Waals surface area contributed by atoms with Gasteiger partial charge in [-0.25, -0.2) is 4.79 Å². The van der Waals surface area contributed by atoms with Gasteiger partial charge in [-0.15, -0.1) is 0 Å². The number of piperidine rings is 1. The Morgan fingerprint density at radius 1 is 1.40 bits per heavy atom. The van der Waals surface area contributed by atoms with E-state index in [1.807, 2.05) is 32.6 Å². The predicted octanol–water partition coefficient (Wildman–Crippen LogP) is 1.79. The molecule has 1 N–H and O–H groups in total. The van der Waals surface area contributed by atoms with E-state index >= 15 is 0 Å². The van der Waals surface area contributed by atoms with Crippen LogP contribution in [0.4, 0.5) is 4.79 Å². The summed E-state index contributed by atoms with van der Waals surface area (Å²) in [4.78, 5) is 26.6. The fourth-order valence-corrected chi connectivity index (χ4v) is 2.48. The van der Waals surface area contributed by atoms with Gasteiger partial charge in [0.05, 0.1) is 6.54 Å². The van der Waals surface area contributed by atoms with Crippen molar-refractivity contribution < 1.29 is 19.4 Å². The number of likely N-dealkylation sites (tertiary alicyclic amines) is 1. The lowest BCUT2D eigenvalue weighted by atomic mass is 10.0. The molecular weight excluding hydrogens is 260 g/mol. The summed E-state index contributed by atoms with van der Waals surface area (Å²) in [6.07, 6.45) is 1.47. The topological polar surface area (TPSA) is 70.1 Å². The molecule has 0 unspecified atom stereocenters. The van der Waals surface area contributed by atoms with Gasteiger partial charge in [0.25, 0.3) is 0 Å². The summed E-state index contributed by atoms with van der Waals surface area (Å²) < 4.78 is 5.41. The van der Waals surface area contributed by atoms with E-state index in [4.69, 9.17) is 9.84 Å². The number of carbonyl (C=O) groups is 2. The Morgan fingerprint density at radius 2 is 2.05 bits per heavy atom. The van der Waals surface area contributed by atoms with E-state index in [9.17, 15) is 9.59 Å². The van der Waals surface area contributed by atoms with E-state index in [0.29, 0.717) is 13.1 Å². The average Bonchev–Trinajstić information content (AvgIpc) is 2.26. The Labute approximate surface area is 120 Å². The SMILES string of the molecule is CCN(C(=O)OC(C)(C)C)[C@H]1CCCN(CC(=O)O)C1. The van der Waals surface area contributed by atoms with Gasteiger partial charge in [-0.1, -0.05) is 0 Å². The number of carboxylic acids is 1. The summed E-state index contributed by atoms with van der Waals surface area (Å²) in [6.45, 7) is 9.42. The van der Waals surface area contributed by atoms with Gasteiger partial charge in [-0.05, 0) is 47.1 Å². The van der Waals surface area contributed by atoms with E-state index < -0.39 is 11.6 Å². The van der Waals surface area contributed by atoms with Crippen molar-refractivity contribution in [3.8, 4) is 0 Å². The lowest BCUT2D eigenvalue weighted by Gasteiger charge is -2.38. The molecule has 1 atom stereocenters. The molecule has 1 aliphatic rings. The maximum absolute atomic E-state index is 12.2. The molecule has 1 rings (SSSR count). The van der Waals surface area contributed by atoms with E-state index in [1.54, 1.807) is 4.90 Å². The lowest BCUT2D eigenvalue weighted by Crippen LogP contribution is -2.52. The number of nitrogens with zero attached hydrogens (tertiary/aromatic N) is 2. The third-order valence-corrected chi connectivity index (χ3v) is 3.25. The first-order valence-corrected chi connectivity index (χ1v) is 7.16. The molecule has 1 heterocycles. The zero-order chi connectivity index (χ0) is 15.3. The van der Waals surface area contributed by atoms with Gasteiger partial charge in [0, 0.05) is 19.1 Å². The first-order chi connectivity index (χ1) is 9.23. The van der Waals surface area contributed by atoms with Crippen molar-refractivity contribution in [2.75, 3.05) is 26.2 Å². The smallest absolute Gasteiger partial charge is 0.410 e. The molecule has 6 nitrogen and oxygen atoms in total. The molecule has 0 spiro atoms. The van der Waals surface area contributed by atoms with Crippen LogP contribution in [0.5, 0.6) is 0 Å². The van der Waals surface area contributed by atoms with Gasteiger partial charge in [0.15, 0.2) is 0 Å². The minimum Gasteiger partial charge on any atom is -0.480 e. The standard InChI is InChI=1S/C14H26N2O4/c1-5-16(13(19)20-14(2,3)4)11-7-6-8-15(9-11)10-12(17)18/h11H,5-10H2,1-4H3,(H,17,18)/t11-/m0/s1. The number of hydrogen-bond donors (Lipinski definition) is 1. The molecule has 0 aliphatic carbocycles. The van der Waals surface area contributed by atoms with E-state index in [-0.39, 0.29) is 18.7 Å². The van der Waals surface area contributed by atoms with Crippen LogP contribution in [-0.4, -0.2) is 64.8 Å². The molecule has 1 saturated heterocycles. The van der Waals surface area contributed by atoms with Crippen LogP contribution in [0.25, 0.3) is 0 Å². The Kier molecular flexibility index (Phi) is 5.80.